The summed E-state index contributed by atoms with van der Waals surface area (Å²) in [5.74, 6) is 0. The van der Waals surface area contributed by atoms with Crippen molar-refractivity contribution in [3.8, 4) is 0 Å². The first-order valence-corrected chi connectivity index (χ1v) is 6.50. The third kappa shape index (κ3) is 3.65. The zero-order valence-corrected chi connectivity index (χ0v) is 11.7. The van der Waals surface area contributed by atoms with E-state index in [9.17, 15) is 0 Å². The quantitative estimate of drug-likeness (QED) is 0.555. The lowest BCUT2D eigenvalue weighted by Gasteiger charge is -2.01. The Hall–Kier alpha value is -2.15. The molecule has 0 atom stereocenters. The minimum Gasteiger partial charge on any atom is -0.261 e. The minimum atomic E-state index is 1.11. The second-order valence-corrected chi connectivity index (χ2v) is 4.78. The number of aromatic nitrogens is 1. The predicted octanol–water partition coefficient (Wildman–Crippen LogP) is 4.85. The molecule has 1 nitrogen and oxygen atoms in total. The number of pyridine rings is 1. The van der Waals surface area contributed by atoms with E-state index in [4.69, 9.17) is 0 Å². The molecule has 1 heteroatoms. The molecular formula is C18H19N. The smallest absolute Gasteiger partial charge is 0.0451 e. The van der Waals surface area contributed by atoms with Gasteiger partial charge < -0.3 is 0 Å². The number of hydrogen-bond acceptors (Lipinski definition) is 1. The third-order valence-corrected chi connectivity index (χ3v) is 3.06. The fraction of sp³-hybridized carbons (Fsp3) is 0.167. The van der Waals surface area contributed by atoms with Gasteiger partial charge in [-0.05, 0) is 38.3 Å². The largest absolute Gasteiger partial charge is 0.261 e. The van der Waals surface area contributed by atoms with E-state index in [1.807, 2.05) is 37.4 Å². The standard InChI is InChI=1S/C11H11N.C7H8/c1-8-3-4-10-5-6-12-9(2)11(10)7-8;1-7-5-3-2-4-6-7/h3-7H,1-2H3;2-6H,1H3. The Labute approximate surface area is 114 Å². The highest BCUT2D eigenvalue weighted by molar-refractivity contribution is 5.84. The summed E-state index contributed by atoms with van der Waals surface area (Å²) in [5, 5.41) is 2.53. The molecule has 19 heavy (non-hydrogen) atoms. The van der Waals surface area contributed by atoms with Gasteiger partial charge in [-0.15, -0.1) is 0 Å². The molecule has 0 spiro atoms. The van der Waals surface area contributed by atoms with Crippen LogP contribution in [0.2, 0.25) is 0 Å². The lowest BCUT2D eigenvalue weighted by atomic mass is 10.1. The second-order valence-electron chi connectivity index (χ2n) is 4.78. The van der Waals surface area contributed by atoms with Crippen molar-refractivity contribution in [1.82, 2.24) is 4.98 Å². The van der Waals surface area contributed by atoms with E-state index in [2.05, 4.69) is 49.2 Å². The Morgan fingerprint density at radius 1 is 0.737 bits per heavy atom. The Morgan fingerprint density at radius 3 is 2.11 bits per heavy atom. The number of aryl methyl sites for hydroxylation is 3. The van der Waals surface area contributed by atoms with Crippen LogP contribution < -0.4 is 0 Å². The van der Waals surface area contributed by atoms with Gasteiger partial charge >= 0.3 is 0 Å². The molecule has 0 aliphatic rings. The average molecular weight is 249 g/mol. The summed E-state index contributed by atoms with van der Waals surface area (Å²) in [6, 6.07) is 18.7. The molecule has 0 aliphatic carbocycles. The third-order valence-electron chi connectivity index (χ3n) is 3.06. The van der Waals surface area contributed by atoms with Crippen LogP contribution in [0.15, 0.2) is 60.8 Å². The first-order chi connectivity index (χ1) is 9.16. The molecular weight excluding hydrogens is 230 g/mol. The van der Waals surface area contributed by atoms with Gasteiger partial charge in [0, 0.05) is 17.3 Å². The average Bonchev–Trinajstić information content (AvgIpc) is 2.41. The molecule has 0 amide bonds. The molecule has 2 aromatic carbocycles. The minimum absolute atomic E-state index is 1.11. The van der Waals surface area contributed by atoms with Crippen LogP contribution in [0.5, 0.6) is 0 Å². The monoisotopic (exact) mass is 249 g/mol. The molecule has 0 fully saturated rings. The summed E-state index contributed by atoms with van der Waals surface area (Å²) in [6.45, 7) is 6.23. The Balaban J connectivity index is 0.000000163. The van der Waals surface area contributed by atoms with Gasteiger partial charge in [0.15, 0.2) is 0 Å². The number of nitrogens with zero attached hydrogens (tertiary/aromatic N) is 1. The summed E-state index contributed by atoms with van der Waals surface area (Å²) in [5.41, 5.74) is 3.72. The topological polar surface area (TPSA) is 12.9 Å². The number of fused-ring (bicyclic) bond motifs is 1. The van der Waals surface area contributed by atoms with E-state index in [0.717, 1.165) is 5.69 Å². The van der Waals surface area contributed by atoms with Crippen LogP contribution in [-0.4, -0.2) is 4.98 Å². The molecule has 0 saturated heterocycles. The first-order valence-electron chi connectivity index (χ1n) is 6.50. The van der Waals surface area contributed by atoms with E-state index >= 15 is 0 Å². The molecule has 3 rings (SSSR count). The van der Waals surface area contributed by atoms with Crippen LogP contribution in [0.4, 0.5) is 0 Å². The molecule has 0 radical (unpaired) electrons. The molecule has 0 unspecified atom stereocenters. The molecule has 0 aliphatic heterocycles. The number of rotatable bonds is 0. The van der Waals surface area contributed by atoms with Gasteiger partial charge in [-0.25, -0.2) is 0 Å². The van der Waals surface area contributed by atoms with Crippen molar-refractivity contribution in [1.29, 1.82) is 0 Å². The highest BCUT2D eigenvalue weighted by Gasteiger charge is 1.96. The van der Waals surface area contributed by atoms with Crippen molar-refractivity contribution in [2.45, 2.75) is 20.8 Å². The fourth-order valence-electron chi connectivity index (χ4n) is 1.96. The van der Waals surface area contributed by atoms with Gasteiger partial charge in [0.2, 0.25) is 0 Å². The van der Waals surface area contributed by atoms with Gasteiger partial charge in [-0.2, -0.15) is 0 Å². The van der Waals surface area contributed by atoms with E-state index in [-0.39, 0.29) is 0 Å². The molecule has 1 aromatic heterocycles. The number of hydrogen-bond donors (Lipinski definition) is 0. The summed E-state index contributed by atoms with van der Waals surface area (Å²) in [7, 11) is 0. The summed E-state index contributed by atoms with van der Waals surface area (Å²) in [6.07, 6.45) is 1.85. The SMILES string of the molecule is Cc1ccc2ccnc(C)c2c1.Cc1ccccc1. The maximum absolute atomic E-state index is 4.25. The fourth-order valence-corrected chi connectivity index (χ4v) is 1.96. The normalized spacial score (nSPS) is 9.84. The summed E-state index contributed by atoms with van der Waals surface area (Å²) in [4.78, 5) is 4.25. The molecule has 96 valence electrons. The molecule has 0 N–H and O–H groups in total. The lowest BCUT2D eigenvalue weighted by Crippen LogP contribution is -1.83. The first kappa shape index (κ1) is 13.3. The highest BCUT2D eigenvalue weighted by atomic mass is 14.7. The predicted molar refractivity (Wildman–Crippen MR) is 82.4 cm³/mol. The zero-order chi connectivity index (χ0) is 13.7. The van der Waals surface area contributed by atoms with Gasteiger partial charge in [0.05, 0.1) is 0 Å². The van der Waals surface area contributed by atoms with Crippen molar-refractivity contribution in [3.05, 3.63) is 77.6 Å². The van der Waals surface area contributed by atoms with Crippen molar-refractivity contribution < 1.29 is 0 Å². The zero-order valence-electron chi connectivity index (χ0n) is 11.7. The van der Waals surface area contributed by atoms with Gasteiger partial charge in [0.1, 0.15) is 0 Å². The van der Waals surface area contributed by atoms with Crippen molar-refractivity contribution in [2.24, 2.45) is 0 Å². The molecule has 0 saturated carbocycles. The Morgan fingerprint density at radius 2 is 1.47 bits per heavy atom. The van der Waals surface area contributed by atoms with E-state index in [1.54, 1.807) is 0 Å². The summed E-state index contributed by atoms with van der Waals surface area (Å²) < 4.78 is 0. The maximum Gasteiger partial charge on any atom is 0.0451 e. The van der Waals surface area contributed by atoms with Crippen LogP contribution in [-0.2, 0) is 0 Å². The molecule has 1 heterocycles. The Bertz CT molecular complexity index is 657. The maximum atomic E-state index is 4.25. The highest BCUT2D eigenvalue weighted by Crippen LogP contribution is 2.17. The van der Waals surface area contributed by atoms with Crippen LogP contribution in [0, 0.1) is 20.8 Å². The lowest BCUT2D eigenvalue weighted by molar-refractivity contribution is 1.23. The van der Waals surface area contributed by atoms with E-state index in [1.165, 1.54) is 21.9 Å². The van der Waals surface area contributed by atoms with E-state index in [0.29, 0.717) is 0 Å². The molecule has 0 bridgehead atoms. The van der Waals surface area contributed by atoms with Gasteiger partial charge in [-0.3, -0.25) is 4.98 Å². The second kappa shape index (κ2) is 6.14. The van der Waals surface area contributed by atoms with Crippen LogP contribution in [0.3, 0.4) is 0 Å². The van der Waals surface area contributed by atoms with Gasteiger partial charge in [-0.1, -0.05) is 53.6 Å². The van der Waals surface area contributed by atoms with Crippen molar-refractivity contribution in [2.75, 3.05) is 0 Å². The van der Waals surface area contributed by atoms with Crippen molar-refractivity contribution in [3.63, 3.8) is 0 Å². The molecule has 3 aromatic rings. The van der Waals surface area contributed by atoms with Crippen LogP contribution >= 0.6 is 0 Å². The van der Waals surface area contributed by atoms with Crippen LogP contribution in [0.25, 0.3) is 10.8 Å². The van der Waals surface area contributed by atoms with Crippen LogP contribution in [0.1, 0.15) is 16.8 Å². The van der Waals surface area contributed by atoms with Gasteiger partial charge in [0.25, 0.3) is 0 Å². The van der Waals surface area contributed by atoms with Crippen molar-refractivity contribution >= 4 is 10.8 Å². The number of benzene rings is 2. The van der Waals surface area contributed by atoms with E-state index < -0.39 is 0 Å². The summed E-state index contributed by atoms with van der Waals surface area (Å²) >= 11 is 0. The Kier molecular flexibility index (Phi) is 4.30.